The minimum absolute atomic E-state index is 0.0531. The third kappa shape index (κ3) is 5.34. The van der Waals surface area contributed by atoms with Crippen molar-refractivity contribution >= 4 is 38.9 Å². The predicted octanol–water partition coefficient (Wildman–Crippen LogP) is 4.44. The SMILES string of the molecule is CC/C=C(/C)C(=O)Nc1cccc(S(=O)(=O)Nc2ccc(Cl)cc2)c1. The molecule has 2 aromatic carbocycles. The number of benzene rings is 2. The second-order valence-electron chi connectivity index (χ2n) is 5.39. The first-order chi connectivity index (χ1) is 11.8. The number of rotatable bonds is 6. The topological polar surface area (TPSA) is 75.3 Å². The van der Waals surface area contributed by atoms with Crippen molar-refractivity contribution < 1.29 is 13.2 Å². The first kappa shape index (κ1) is 19.0. The van der Waals surface area contributed by atoms with Crippen LogP contribution in [0.2, 0.25) is 5.02 Å². The lowest BCUT2D eigenvalue weighted by Crippen LogP contribution is -2.15. The number of halogens is 1. The molecule has 132 valence electrons. The van der Waals surface area contributed by atoms with Crippen LogP contribution in [0.3, 0.4) is 0 Å². The molecule has 0 aliphatic carbocycles. The molecular formula is C18H19ClN2O3S. The van der Waals surface area contributed by atoms with E-state index in [1.807, 2.05) is 6.92 Å². The van der Waals surface area contributed by atoms with Gasteiger partial charge in [0.15, 0.2) is 0 Å². The number of anilines is 2. The monoisotopic (exact) mass is 378 g/mol. The van der Waals surface area contributed by atoms with Gasteiger partial charge < -0.3 is 5.32 Å². The van der Waals surface area contributed by atoms with Crippen molar-refractivity contribution in [2.45, 2.75) is 25.2 Å². The Balaban J connectivity index is 2.20. The van der Waals surface area contributed by atoms with Crippen molar-refractivity contribution in [3.8, 4) is 0 Å². The molecule has 0 unspecified atom stereocenters. The minimum atomic E-state index is -3.77. The van der Waals surface area contributed by atoms with Gasteiger partial charge in [0.25, 0.3) is 15.9 Å². The van der Waals surface area contributed by atoms with E-state index in [2.05, 4.69) is 10.0 Å². The van der Waals surface area contributed by atoms with E-state index in [9.17, 15) is 13.2 Å². The summed E-state index contributed by atoms with van der Waals surface area (Å²) >= 11 is 5.80. The highest BCUT2D eigenvalue weighted by Gasteiger charge is 2.15. The Morgan fingerprint density at radius 2 is 1.80 bits per heavy atom. The Labute approximate surface area is 152 Å². The average molecular weight is 379 g/mol. The predicted molar refractivity (Wildman–Crippen MR) is 101 cm³/mol. The van der Waals surface area contributed by atoms with E-state index < -0.39 is 10.0 Å². The van der Waals surface area contributed by atoms with Gasteiger partial charge in [0.05, 0.1) is 4.90 Å². The van der Waals surface area contributed by atoms with Crippen molar-refractivity contribution in [3.05, 3.63) is 65.2 Å². The molecule has 0 radical (unpaired) electrons. The smallest absolute Gasteiger partial charge is 0.261 e. The van der Waals surface area contributed by atoms with Crippen LogP contribution in [-0.2, 0) is 14.8 Å². The van der Waals surface area contributed by atoms with Crippen LogP contribution in [0.4, 0.5) is 11.4 Å². The highest BCUT2D eigenvalue weighted by Crippen LogP contribution is 2.21. The van der Waals surface area contributed by atoms with E-state index in [0.29, 0.717) is 22.0 Å². The summed E-state index contributed by atoms with van der Waals surface area (Å²) in [5, 5.41) is 3.21. The van der Waals surface area contributed by atoms with E-state index in [-0.39, 0.29) is 10.8 Å². The fourth-order valence-corrected chi connectivity index (χ4v) is 3.33. The van der Waals surface area contributed by atoms with Gasteiger partial charge >= 0.3 is 0 Å². The van der Waals surface area contributed by atoms with Gasteiger partial charge in [0.1, 0.15) is 0 Å². The van der Waals surface area contributed by atoms with Crippen molar-refractivity contribution in [1.29, 1.82) is 0 Å². The molecule has 1 amide bonds. The largest absolute Gasteiger partial charge is 0.322 e. The van der Waals surface area contributed by atoms with Crippen molar-refractivity contribution in [3.63, 3.8) is 0 Å². The van der Waals surface area contributed by atoms with Crippen molar-refractivity contribution in [1.82, 2.24) is 0 Å². The molecule has 0 saturated heterocycles. The number of nitrogens with one attached hydrogen (secondary N) is 2. The fourth-order valence-electron chi connectivity index (χ4n) is 2.10. The molecule has 0 saturated carbocycles. The summed E-state index contributed by atoms with van der Waals surface area (Å²) in [7, 11) is -3.77. The number of hydrogen-bond donors (Lipinski definition) is 2. The van der Waals surface area contributed by atoms with E-state index in [1.54, 1.807) is 49.4 Å². The third-order valence-corrected chi connectivity index (χ3v) is 5.00. The molecule has 2 rings (SSSR count). The molecular weight excluding hydrogens is 360 g/mol. The normalized spacial score (nSPS) is 11.9. The van der Waals surface area contributed by atoms with E-state index in [4.69, 9.17) is 11.6 Å². The number of hydrogen-bond acceptors (Lipinski definition) is 3. The Bertz CT molecular complexity index is 891. The highest BCUT2D eigenvalue weighted by atomic mass is 35.5. The summed E-state index contributed by atoms with van der Waals surface area (Å²) in [4.78, 5) is 12.1. The van der Waals surface area contributed by atoms with Crippen LogP contribution in [0, 0.1) is 0 Å². The number of carbonyl (C=O) groups is 1. The Kier molecular flexibility index (Phi) is 6.22. The van der Waals surface area contributed by atoms with Crippen LogP contribution in [0.1, 0.15) is 20.3 Å². The summed E-state index contributed by atoms with van der Waals surface area (Å²) in [6, 6.07) is 12.4. The maximum Gasteiger partial charge on any atom is 0.261 e. The summed E-state index contributed by atoms with van der Waals surface area (Å²) in [6.45, 7) is 3.65. The van der Waals surface area contributed by atoms with E-state index in [1.165, 1.54) is 12.1 Å². The molecule has 25 heavy (non-hydrogen) atoms. The summed E-state index contributed by atoms with van der Waals surface area (Å²) in [5.41, 5.74) is 1.39. The van der Waals surface area contributed by atoms with Gasteiger partial charge in [-0.15, -0.1) is 0 Å². The molecule has 0 bridgehead atoms. The van der Waals surface area contributed by atoms with Gasteiger partial charge in [0.2, 0.25) is 0 Å². The summed E-state index contributed by atoms with van der Waals surface area (Å²) in [6.07, 6.45) is 2.55. The molecule has 0 aliphatic rings. The van der Waals surface area contributed by atoms with Crippen LogP contribution < -0.4 is 10.0 Å². The zero-order valence-electron chi connectivity index (χ0n) is 13.9. The minimum Gasteiger partial charge on any atom is -0.322 e. The van der Waals surface area contributed by atoms with Crippen molar-refractivity contribution in [2.24, 2.45) is 0 Å². The molecule has 0 spiro atoms. The second-order valence-corrected chi connectivity index (χ2v) is 7.51. The summed E-state index contributed by atoms with van der Waals surface area (Å²) < 4.78 is 27.5. The van der Waals surface area contributed by atoms with Crippen LogP contribution in [0.5, 0.6) is 0 Å². The lowest BCUT2D eigenvalue weighted by Gasteiger charge is -2.10. The summed E-state index contributed by atoms with van der Waals surface area (Å²) in [5.74, 6) is -0.262. The van der Waals surface area contributed by atoms with E-state index >= 15 is 0 Å². The van der Waals surface area contributed by atoms with Crippen LogP contribution in [-0.4, -0.2) is 14.3 Å². The zero-order chi connectivity index (χ0) is 18.4. The average Bonchev–Trinajstić information content (AvgIpc) is 2.57. The fraction of sp³-hybridized carbons (Fsp3) is 0.167. The number of amides is 1. The first-order valence-corrected chi connectivity index (χ1v) is 9.54. The first-order valence-electron chi connectivity index (χ1n) is 7.68. The number of allylic oxidation sites excluding steroid dienone is 1. The maximum absolute atomic E-state index is 12.5. The lowest BCUT2D eigenvalue weighted by atomic mass is 10.2. The van der Waals surface area contributed by atoms with E-state index in [0.717, 1.165) is 6.42 Å². The second kappa shape index (κ2) is 8.18. The number of carbonyl (C=O) groups excluding carboxylic acids is 1. The van der Waals surface area contributed by atoms with Gasteiger partial charge in [-0.1, -0.05) is 30.7 Å². The van der Waals surface area contributed by atoms with Crippen molar-refractivity contribution in [2.75, 3.05) is 10.0 Å². The van der Waals surface area contributed by atoms with Gasteiger partial charge in [0, 0.05) is 22.0 Å². The standard InChI is InChI=1S/C18H19ClN2O3S/c1-3-5-13(2)18(22)20-16-6-4-7-17(12-16)25(23,24)21-15-10-8-14(19)9-11-15/h4-12,21H,3H2,1-2H3,(H,20,22)/b13-5-. The molecule has 0 atom stereocenters. The molecule has 2 aromatic rings. The Morgan fingerprint density at radius 1 is 1.12 bits per heavy atom. The molecule has 0 aromatic heterocycles. The zero-order valence-corrected chi connectivity index (χ0v) is 15.5. The maximum atomic E-state index is 12.5. The molecule has 2 N–H and O–H groups in total. The van der Waals surface area contributed by atoms with Crippen LogP contribution in [0.15, 0.2) is 65.1 Å². The molecule has 0 aliphatic heterocycles. The van der Waals surface area contributed by atoms with Crippen LogP contribution >= 0.6 is 11.6 Å². The Morgan fingerprint density at radius 3 is 2.44 bits per heavy atom. The molecule has 7 heteroatoms. The quantitative estimate of drug-likeness (QED) is 0.730. The number of sulfonamides is 1. The van der Waals surface area contributed by atoms with Gasteiger partial charge in [-0.2, -0.15) is 0 Å². The lowest BCUT2D eigenvalue weighted by molar-refractivity contribution is -0.112. The highest BCUT2D eigenvalue weighted by molar-refractivity contribution is 7.92. The van der Waals surface area contributed by atoms with Crippen LogP contribution in [0.25, 0.3) is 0 Å². The van der Waals surface area contributed by atoms with Gasteiger partial charge in [-0.25, -0.2) is 8.42 Å². The molecule has 0 fully saturated rings. The molecule has 5 nitrogen and oxygen atoms in total. The van der Waals surface area contributed by atoms with Gasteiger partial charge in [-0.3, -0.25) is 9.52 Å². The molecule has 0 heterocycles. The van der Waals surface area contributed by atoms with Gasteiger partial charge in [-0.05, 0) is 55.8 Å². The third-order valence-electron chi connectivity index (χ3n) is 3.37. The Hall–Kier alpha value is -2.31.